The van der Waals surface area contributed by atoms with Crippen LogP contribution in [0.3, 0.4) is 0 Å². The number of para-hydroxylation sites is 1. The van der Waals surface area contributed by atoms with Gasteiger partial charge in [-0.3, -0.25) is 4.90 Å². The van der Waals surface area contributed by atoms with Crippen molar-refractivity contribution in [3.63, 3.8) is 0 Å². The zero-order chi connectivity index (χ0) is 15.2. The topological polar surface area (TPSA) is 69.2 Å². The fourth-order valence-corrected chi connectivity index (χ4v) is 2.89. The number of thioether (sulfide) groups is 1. The van der Waals surface area contributed by atoms with Gasteiger partial charge in [-0.2, -0.15) is 5.26 Å². The minimum atomic E-state index is 0.331. The van der Waals surface area contributed by atoms with Crippen LogP contribution in [0.15, 0.2) is 40.0 Å². The van der Waals surface area contributed by atoms with E-state index >= 15 is 0 Å². The third-order valence-corrected chi connectivity index (χ3v) is 4.25. The van der Waals surface area contributed by atoms with Crippen molar-refractivity contribution in [1.82, 2.24) is 15.1 Å². The van der Waals surface area contributed by atoms with Gasteiger partial charge in [0.2, 0.25) is 5.89 Å². The first kappa shape index (κ1) is 14.9. The number of nitrogens with zero attached hydrogens (tertiary/aromatic N) is 5. The summed E-state index contributed by atoms with van der Waals surface area (Å²) in [5.74, 6) is 0.950. The van der Waals surface area contributed by atoms with E-state index in [4.69, 9.17) is 9.68 Å². The predicted octanol–water partition coefficient (Wildman–Crippen LogP) is 2.01. The lowest BCUT2D eigenvalue weighted by atomic mass is 10.2. The minimum Gasteiger partial charge on any atom is -0.414 e. The van der Waals surface area contributed by atoms with Crippen molar-refractivity contribution in [3.05, 3.63) is 36.2 Å². The first-order valence-electron chi connectivity index (χ1n) is 7.19. The average molecular weight is 315 g/mol. The number of hydrogen-bond donors (Lipinski definition) is 0. The highest BCUT2D eigenvalue weighted by Gasteiger charge is 2.19. The largest absolute Gasteiger partial charge is 0.414 e. The summed E-state index contributed by atoms with van der Waals surface area (Å²) in [6.07, 6.45) is 0. The van der Waals surface area contributed by atoms with Crippen LogP contribution in [0.1, 0.15) is 5.89 Å². The number of piperazine rings is 1. The average Bonchev–Trinajstić information content (AvgIpc) is 3.02. The fraction of sp³-hybridized carbons (Fsp3) is 0.400. The van der Waals surface area contributed by atoms with Gasteiger partial charge < -0.3 is 9.32 Å². The highest BCUT2D eigenvalue weighted by atomic mass is 32.2. The molecule has 2 heterocycles. The Kier molecular flexibility index (Phi) is 4.93. The van der Waals surface area contributed by atoms with Gasteiger partial charge in [0, 0.05) is 31.9 Å². The molecule has 22 heavy (non-hydrogen) atoms. The van der Waals surface area contributed by atoms with Crippen LogP contribution in [0.2, 0.25) is 0 Å². The van der Waals surface area contributed by atoms with Crippen molar-refractivity contribution in [2.45, 2.75) is 11.8 Å². The molecule has 1 saturated heterocycles. The summed E-state index contributed by atoms with van der Waals surface area (Å²) in [6.45, 7) is 4.60. The van der Waals surface area contributed by atoms with Crippen LogP contribution in [-0.2, 0) is 6.54 Å². The molecule has 0 amide bonds. The number of anilines is 1. The molecule has 0 aliphatic carbocycles. The molecular weight excluding hydrogens is 298 g/mol. The Balaban J connectivity index is 1.50. The predicted molar refractivity (Wildman–Crippen MR) is 84.6 cm³/mol. The zero-order valence-electron chi connectivity index (χ0n) is 12.2. The molecule has 0 saturated carbocycles. The van der Waals surface area contributed by atoms with Crippen molar-refractivity contribution < 1.29 is 4.42 Å². The summed E-state index contributed by atoms with van der Waals surface area (Å²) in [5.41, 5.74) is 1.27. The molecule has 0 spiro atoms. The second kappa shape index (κ2) is 7.29. The third kappa shape index (κ3) is 3.78. The van der Waals surface area contributed by atoms with Crippen molar-refractivity contribution in [1.29, 1.82) is 5.26 Å². The van der Waals surface area contributed by atoms with Gasteiger partial charge in [-0.15, -0.1) is 10.2 Å². The van der Waals surface area contributed by atoms with E-state index in [-0.39, 0.29) is 0 Å². The van der Waals surface area contributed by atoms with Gasteiger partial charge in [0.1, 0.15) is 0 Å². The number of hydrogen-bond acceptors (Lipinski definition) is 7. The molecule has 114 valence electrons. The lowest BCUT2D eigenvalue weighted by molar-refractivity contribution is 0.220. The highest BCUT2D eigenvalue weighted by molar-refractivity contribution is 7.99. The smallest absolute Gasteiger partial charge is 0.277 e. The van der Waals surface area contributed by atoms with Crippen molar-refractivity contribution in [2.75, 3.05) is 36.8 Å². The molecule has 0 unspecified atom stereocenters. The number of nitriles is 1. The molecular formula is C15H17N5OS. The van der Waals surface area contributed by atoms with Gasteiger partial charge in [0.05, 0.1) is 18.4 Å². The highest BCUT2D eigenvalue weighted by Crippen LogP contribution is 2.18. The molecule has 2 aromatic rings. The Hall–Kier alpha value is -2.04. The maximum Gasteiger partial charge on any atom is 0.277 e. The quantitative estimate of drug-likeness (QED) is 0.782. The maximum atomic E-state index is 8.54. The van der Waals surface area contributed by atoms with Crippen LogP contribution in [0.5, 0.6) is 0 Å². The van der Waals surface area contributed by atoms with E-state index in [1.807, 2.05) is 12.1 Å². The van der Waals surface area contributed by atoms with E-state index in [0.717, 1.165) is 26.2 Å². The summed E-state index contributed by atoms with van der Waals surface area (Å²) in [6, 6.07) is 12.5. The first-order valence-corrected chi connectivity index (χ1v) is 8.18. The SMILES string of the molecule is N#CCSc1nnc(CN2CCN(c3ccccc3)CC2)o1. The van der Waals surface area contributed by atoms with Gasteiger partial charge in [0.25, 0.3) is 5.22 Å². The van der Waals surface area contributed by atoms with Gasteiger partial charge in [-0.25, -0.2) is 0 Å². The number of aromatic nitrogens is 2. The molecule has 1 aromatic heterocycles. The van der Waals surface area contributed by atoms with Crippen molar-refractivity contribution in [2.24, 2.45) is 0 Å². The van der Waals surface area contributed by atoms with Crippen molar-refractivity contribution in [3.8, 4) is 6.07 Å². The van der Waals surface area contributed by atoms with Crippen LogP contribution >= 0.6 is 11.8 Å². The number of rotatable bonds is 5. The Morgan fingerprint density at radius 2 is 1.91 bits per heavy atom. The Morgan fingerprint density at radius 1 is 1.14 bits per heavy atom. The normalized spacial score (nSPS) is 15.7. The first-order chi connectivity index (χ1) is 10.8. The van der Waals surface area contributed by atoms with Crippen molar-refractivity contribution >= 4 is 17.4 Å². The summed E-state index contributed by atoms with van der Waals surface area (Å²) in [4.78, 5) is 4.70. The molecule has 6 nitrogen and oxygen atoms in total. The number of benzene rings is 1. The second-order valence-electron chi connectivity index (χ2n) is 5.01. The summed E-state index contributed by atoms with van der Waals surface area (Å²) < 4.78 is 5.53. The van der Waals surface area contributed by atoms with E-state index in [1.54, 1.807) is 0 Å². The van der Waals surface area contributed by atoms with Crippen LogP contribution in [-0.4, -0.2) is 47.0 Å². The van der Waals surface area contributed by atoms with Crippen LogP contribution in [0.25, 0.3) is 0 Å². The molecule has 1 aromatic carbocycles. The summed E-state index contributed by atoms with van der Waals surface area (Å²) in [7, 11) is 0. The minimum absolute atomic E-state index is 0.331. The van der Waals surface area contributed by atoms with E-state index in [0.29, 0.717) is 23.4 Å². The zero-order valence-corrected chi connectivity index (χ0v) is 13.0. The maximum absolute atomic E-state index is 8.54. The van der Waals surface area contributed by atoms with E-state index in [9.17, 15) is 0 Å². The summed E-state index contributed by atoms with van der Waals surface area (Å²) in [5, 5.41) is 17.0. The molecule has 0 N–H and O–H groups in total. The Morgan fingerprint density at radius 3 is 2.64 bits per heavy atom. The van der Waals surface area contributed by atoms with Crippen LogP contribution in [0.4, 0.5) is 5.69 Å². The van der Waals surface area contributed by atoms with Gasteiger partial charge >= 0.3 is 0 Å². The third-order valence-electron chi connectivity index (χ3n) is 3.56. The molecule has 1 aliphatic heterocycles. The molecule has 3 rings (SSSR count). The second-order valence-corrected chi connectivity index (χ2v) is 5.93. The fourth-order valence-electron chi connectivity index (χ4n) is 2.45. The van der Waals surface area contributed by atoms with E-state index in [1.165, 1.54) is 17.4 Å². The van der Waals surface area contributed by atoms with Crippen LogP contribution in [0, 0.1) is 11.3 Å². The van der Waals surface area contributed by atoms with E-state index < -0.39 is 0 Å². The lowest BCUT2D eigenvalue weighted by Crippen LogP contribution is -2.46. The molecule has 0 atom stereocenters. The molecule has 7 heteroatoms. The summed E-state index contributed by atoms with van der Waals surface area (Å²) >= 11 is 1.27. The Bertz CT molecular complexity index is 631. The van der Waals surface area contributed by atoms with E-state index in [2.05, 4.69) is 44.3 Å². The van der Waals surface area contributed by atoms with Gasteiger partial charge in [-0.1, -0.05) is 30.0 Å². The molecule has 1 aliphatic rings. The standard InChI is InChI=1S/C15H17N5OS/c16-6-11-22-15-18-17-14(21-15)12-19-7-9-20(10-8-19)13-4-2-1-3-5-13/h1-5H,7-12H2. The molecule has 0 radical (unpaired) electrons. The van der Waals surface area contributed by atoms with Gasteiger partial charge in [0.15, 0.2) is 0 Å². The lowest BCUT2D eigenvalue weighted by Gasteiger charge is -2.35. The molecule has 0 bridgehead atoms. The monoisotopic (exact) mass is 315 g/mol. The Labute approximate surface area is 133 Å². The van der Waals surface area contributed by atoms with Crippen LogP contribution < -0.4 is 4.90 Å². The van der Waals surface area contributed by atoms with Gasteiger partial charge in [-0.05, 0) is 12.1 Å². The molecule has 1 fully saturated rings.